The highest BCUT2D eigenvalue weighted by Gasteiger charge is 2.53. The minimum Gasteiger partial charge on any atom is -0.458 e. The summed E-state index contributed by atoms with van der Waals surface area (Å²) in [6, 6.07) is 0. The van der Waals surface area contributed by atoms with Crippen molar-refractivity contribution in [2.45, 2.75) is 78.0 Å². The van der Waals surface area contributed by atoms with Gasteiger partial charge in [-0.2, -0.15) is 0 Å². The molecular formula is C15H25NO5. The summed E-state index contributed by atoms with van der Waals surface area (Å²) in [6.07, 6.45) is -0.451. The van der Waals surface area contributed by atoms with E-state index in [2.05, 4.69) is 0 Å². The van der Waals surface area contributed by atoms with Gasteiger partial charge in [0.05, 0.1) is 0 Å². The molecule has 0 aromatic rings. The van der Waals surface area contributed by atoms with Crippen molar-refractivity contribution >= 4 is 18.0 Å². The maximum Gasteiger partial charge on any atom is 0.418 e. The largest absolute Gasteiger partial charge is 0.458 e. The van der Waals surface area contributed by atoms with E-state index in [1.54, 1.807) is 41.5 Å². The van der Waals surface area contributed by atoms with Crippen LogP contribution < -0.4 is 0 Å². The summed E-state index contributed by atoms with van der Waals surface area (Å²) < 4.78 is 10.6. The van der Waals surface area contributed by atoms with Crippen molar-refractivity contribution in [3.05, 3.63) is 0 Å². The highest BCUT2D eigenvalue weighted by molar-refractivity contribution is 6.01. The molecule has 1 saturated heterocycles. The SMILES string of the molecule is CC(C)(C)OC(=O)N1C(=O)CC[C@@]1(C)C(=O)OC(C)(C)C. The zero-order chi connectivity index (χ0) is 16.6. The Balaban J connectivity index is 3.02. The third-order valence-corrected chi connectivity index (χ3v) is 2.98. The van der Waals surface area contributed by atoms with Crippen molar-refractivity contribution in [1.29, 1.82) is 0 Å². The van der Waals surface area contributed by atoms with Crippen LogP contribution in [0.5, 0.6) is 0 Å². The van der Waals surface area contributed by atoms with Gasteiger partial charge in [0, 0.05) is 6.42 Å². The fourth-order valence-corrected chi connectivity index (χ4v) is 2.04. The number of carbonyl (C=O) groups excluding carboxylic acids is 3. The molecule has 1 rings (SSSR count). The number of amides is 2. The third kappa shape index (κ3) is 4.19. The van der Waals surface area contributed by atoms with E-state index in [4.69, 9.17) is 9.47 Å². The first-order valence-corrected chi connectivity index (χ1v) is 7.06. The molecule has 120 valence electrons. The Morgan fingerprint density at radius 3 is 1.95 bits per heavy atom. The summed E-state index contributed by atoms with van der Waals surface area (Å²) in [4.78, 5) is 37.5. The van der Waals surface area contributed by atoms with Crippen molar-refractivity contribution in [2.75, 3.05) is 0 Å². The Labute approximate surface area is 125 Å². The monoisotopic (exact) mass is 299 g/mol. The van der Waals surface area contributed by atoms with Crippen LogP contribution >= 0.6 is 0 Å². The van der Waals surface area contributed by atoms with Gasteiger partial charge in [0.15, 0.2) is 0 Å². The zero-order valence-electron chi connectivity index (χ0n) is 13.9. The number of hydrogen-bond acceptors (Lipinski definition) is 5. The summed E-state index contributed by atoms with van der Waals surface area (Å²) in [5.41, 5.74) is -2.74. The first-order valence-electron chi connectivity index (χ1n) is 7.06. The van der Waals surface area contributed by atoms with Crippen molar-refractivity contribution < 1.29 is 23.9 Å². The smallest absolute Gasteiger partial charge is 0.418 e. The Morgan fingerprint density at radius 1 is 1.05 bits per heavy atom. The molecule has 0 aromatic carbocycles. The van der Waals surface area contributed by atoms with Gasteiger partial charge >= 0.3 is 12.1 Å². The van der Waals surface area contributed by atoms with Crippen molar-refractivity contribution in [3.63, 3.8) is 0 Å². The highest BCUT2D eigenvalue weighted by Crippen LogP contribution is 2.34. The van der Waals surface area contributed by atoms with Crippen LogP contribution in [0.15, 0.2) is 0 Å². The quantitative estimate of drug-likeness (QED) is 0.696. The van der Waals surface area contributed by atoms with Gasteiger partial charge in [-0.1, -0.05) is 0 Å². The van der Waals surface area contributed by atoms with Crippen LogP contribution in [0.4, 0.5) is 4.79 Å². The molecule has 0 aliphatic carbocycles. The maximum atomic E-state index is 12.4. The lowest BCUT2D eigenvalue weighted by Crippen LogP contribution is -2.55. The minimum absolute atomic E-state index is 0.120. The van der Waals surface area contributed by atoms with Crippen LogP contribution in [0.3, 0.4) is 0 Å². The Bertz CT molecular complexity index is 458. The van der Waals surface area contributed by atoms with Gasteiger partial charge < -0.3 is 9.47 Å². The summed E-state index contributed by atoms with van der Waals surface area (Å²) >= 11 is 0. The molecule has 1 heterocycles. The molecule has 0 radical (unpaired) electrons. The zero-order valence-corrected chi connectivity index (χ0v) is 13.9. The predicted octanol–water partition coefficient (Wildman–Crippen LogP) is 2.64. The first kappa shape index (κ1) is 17.5. The molecule has 1 fully saturated rings. The molecular weight excluding hydrogens is 274 g/mol. The average molecular weight is 299 g/mol. The van der Waals surface area contributed by atoms with E-state index in [0.29, 0.717) is 0 Å². The Kier molecular flexibility index (Phi) is 4.42. The predicted molar refractivity (Wildman–Crippen MR) is 76.6 cm³/mol. The van der Waals surface area contributed by atoms with Gasteiger partial charge in [-0.3, -0.25) is 4.79 Å². The van der Waals surface area contributed by atoms with Crippen molar-refractivity contribution in [1.82, 2.24) is 4.90 Å². The van der Waals surface area contributed by atoms with E-state index in [1.807, 2.05) is 0 Å². The average Bonchev–Trinajstić information content (AvgIpc) is 2.51. The van der Waals surface area contributed by atoms with Gasteiger partial charge in [0.25, 0.3) is 0 Å². The second-order valence-electron chi connectivity index (χ2n) is 7.49. The molecule has 0 bridgehead atoms. The lowest BCUT2D eigenvalue weighted by atomic mass is 9.99. The topological polar surface area (TPSA) is 72.9 Å². The Morgan fingerprint density at radius 2 is 1.52 bits per heavy atom. The maximum absolute atomic E-state index is 12.4. The summed E-state index contributed by atoms with van der Waals surface area (Å²) in [6.45, 7) is 11.9. The minimum atomic E-state index is -1.31. The normalized spacial score (nSPS) is 23.2. The summed E-state index contributed by atoms with van der Waals surface area (Å²) in [7, 11) is 0. The number of likely N-dealkylation sites (tertiary alicyclic amines) is 1. The molecule has 0 aromatic heterocycles. The van der Waals surface area contributed by atoms with Crippen LogP contribution in [-0.4, -0.2) is 39.6 Å². The van der Waals surface area contributed by atoms with Gasteiger partial charge in [0.2, 0.25) is 5.91 Å². The highest BCUT2D eigenvalue weighted by atomic mass is 16.6. The van der Waals surface area contributed by atoms with Gasteiger partial charge in [-0.05, 0) is 54.9 Å². The van der Waals surface area contributed by atoms with Crippen LogP contribution in [0.2, 0.25) is 0 Å². The number of carbonyl (C=O) groups is 3. The lowest BCUT2D eigenvalue weighted by Gasteiger charge is -2.34. The fourth-order valence-electron chi connectivity index (χ4n) is 2.04. The molecule has 21 heavy (non-hydrogen) atoms. The van der Waals surface area contributed by atoms with Gasteiger partial charge in [-0.15, -0.1) is 0 Å². The third-order valence-electron chi connectivity index (χ3n) is 2.98. The lowest BCUT2D eigenvalue weighted by molar-refractivity contribution is -0.168. The second kappa shape index (κ2) is 5.31. The number of ether oxygens (including phenoxy) is 2. The standard InChI is InChI=1S/C15H25NO5/c1-13(2,3)20-11(18)15(7)9-8-10(17)16(15)12(19)21-14(4,5)6/h8-9H2,1-7H3/t15-/m0/s1. The number of rotatable bonds is 1. The molecule has 0 saturated carbocycles. The van der Waals surface area contributed by atoms with Crippen LogP contribution in [0.1, 0.15) is 61.3 Å². The van der Waals surface area contributed by atoms with E-state index in [-0.39, 0.29) is 12.8 Å². The summed E-state index contributed by atoms with van der Waals surface area (Å²) in [5, 5.41) is 0. The van der Waals surface area contributed by atoms with Crippen molar-refractivity contribution in [2.24, 2.45) is 0 Å². The molecule has 6 nitrogen and oxygen atoms in total. The number of imide groups is 1. The number of hydrogen-bond donors (Lipinski definition) is 0. The first-order chi connectivity index (χ1) is 9.26. The molecule has 2 amide bonds. The molecule has 0 spiro atoms. The Hall–Kier alpha value is -1.59. The molecule has 6 heteroatoms. The molecule has 0 unspecified atom stereocenters. The van der Waals surface area contributed by atoms with Gasteiger partial charge in [0.1, 0.15) is 16.7 Å². The second-order valence-corrected chi connectivity index (χ2v) is 7.49. The fraction of sp³-hybridized carbons (Fsp3) is 0.800. The van der Waals surface area contributed by atoms with Crippen LogP contribution in [-0.2, 0) is 19.1 Å². The molecule has 1 aliphatic rings. The number of esters is 1. The van der Waals surface area contributed by atoms with E-state index < -0.39 is 34.7 Å². The van der Waals surface area contributed by atoms with Crippen molar-refractivity contribution in [3.8, 4) is 0 Å². The number of nitrogens with zero attached hydrogens (tertiary/aromatic N) is 1. The molecule has 0 N–H and O–H groups in total. The van der Waals surface area contributed by atoms with Crippen LogP contribution in [0, 0.1) is 0 Å². The summed E-state index contributed by atoms with van der Waals surface area (Å²) in [5.74, 6) is -1.01. The molecule has 1 aliphatic heterocycles. The van der Waals surface area contributed by atoms with E-state index in [9.17, 15) is 14.4 Å². The van der Waals surface area contributed by atoms with E-state index in [0.717, 1.165) is 4.90 Å². The van der Waals surface area contributed by atoms with Crippen LogP contribution in [0.25, 0.3) is 0 Å². The molecule has 1 atom stereocenters. The van der Waals surface area contributed by atoms with E-state index >= 15 is 0 Å². The van der Waals surface area contributed by atoms with E-state index in [1.165, 1.54) is 6.92 Å². The van der Waals surface area contributed by atoms with Gasteiger partial charge in [-0.25, -0.2) is 14.5 Å².